The number of amides is 1. The molecule has 2 heterocycles. The van der Waals surface area contributed by atoms with Crippen LogP contribution in [0.5, 0.6) is 17.2 Å². The first-order valence-electron chi connectivity index (χ1n) is 8.26. The van der Waals surface area contributed by atoms with Crippen molar-refractivity contribution < 1.29 is 23.7 Å². The highest BCUT2D eigenvalue weighted by Gasteiger charge is 2.22. The van der Waals surface area contributed by atoms with E-state index in [0.29, 0.717) is 36.0 Å². The smallest absolute Gasteiger partial charge is 0.251 e. The number of benzene rings is 1. The largest absolute Gasteiger partial charge is 0.493 e. The van der Waals surface area contributed by atoms with Crippen molar-refractivity contribution in [3.63, 3.8) is 0 Å². The normalized spacial score (nSPS) is 18.8. The summed E-state index contributed by atoms with van der Waals surface area (Å²) in [6, 6.07) is 3.42. The Balaban J connectivity index is 1.65. The van der Waals surface area contributed by atoms with Gasteiger partial charge in [-0.2, -0.15) is 0 Å². The minimum atomic E-state index is -0.147. The van der Waals surface area contributed by atoms with Crippen molar-refractivity contribution in [2.75, 3.05) is 53.2 Å². The molecule has 0 spiro atoms. The van der Waals surface area contributed by atoms with Crippen molar-refractivity contribution in [2.24, 2.45) is 0 Å². The van der Waals surface area contributed by atoms with E-state index in [4.69, 9.17) is 18.9 Å². The Labute approximate surface area is 141 Å². The number of methoxy groups -OCH3 is 1. The molecule has 0 saturated carbocycles. The number of rotatable bonds is 5. The van der Waals surface area contributed by atoms with Crippen molar-refractivity contribution in [1.29, 1.82) is 0 Å². The lowest BCUT2D eigenvalue weighted by molar-refractivity contribution is 0.0342. The van der Waals surface area contributed by atoms with Crippen LogP contribution in [0.15, 0.2) is 12.1 Å². The molecule has 7 heteroatoms. The average Bonchev–Trinajstić information content (AvgIpc) is 2.61. The summed E-state index contributed by atoms with van der Waals surface area (Å²) in [6.07, 6.45) is 0. The van der Waals surface area contributed by atoms with Gasteiger partial charge in [0, 0.05) is 31.2 Å². The number of carbonyl (C=O) groups is 1. The summed E-state index contributed by atoms with van der Waals surface area (Å²) in [4.78, 5) is 14.8. The van der Waals surface area contributed by atoms with E-state index >= 15 is 0 Å². The third kappa shape index (κ3) is 3.91. The third-order valence-corrected chi connectivity index (χ3v) is 4.10. The van der Waals surface area contributed by atoms with E-state index in [1.54, 1.807) is 19.2 Å². The predicted octanol–water partition coefficient (Wildman–Crippen LogP) is 0.917. The monoisotopic (exact) mass is 336 g/mol. The highest BCUT2D eigenvalue weighted by Crippen LogP contribution is 2.40. The van der Waals surface area contributed by atoms with E-state index in [9.17, 15) is 4.79 Å². The lowest BCUT2D eigenvalue weighted by Crippen LogP contribution is -2.46. The van der Waals surface area contributed by atoms with Crippen LogP contribution in [-0.2, 0) is 4.74 Å². The summed E-state index contributed by atoms with van der Waals surface area (Å²) >= 11 is 0. The molecule has 2 aliphatic rings. The Morgan fingerprint density at radius 2 is 2.00 bits per heavy atom. The van der Waals surface area contributed by atoms with Gasteiger partial charge in [-0.15, -0.1) is 0 Å². The van der Waals surface area contributed by atoms with Crippen molar-refractivity contribution >= 4 is 5.91 Å². The molecular weight excluding hydrogens is 312 g/mol. The van der Waals surface area contributed by atoms with Crippen molar-refractivity contribution in [3.05, 3.63) is 17.7 Å². The molecule has 0 unspecified atom stereocenters. The third-order valence-electron chi connectivity index (χ3n) is 4.10. The van der Waals surface area contributed by atoms with Crippen molar-refractivity contribution in [1.82, 2.24) is 10.2 Å². The van der Waals surface area contributed by atoms with Gasteiger partial charge in [0.1, 0.15) is 13.2 Å². The summed E-state index contributed by atoms with van der Waals surface area (Å²) in [5.74, 6) is 1.47. The Kier molecular flexibility index (Phi) is 5.42. The first kappa shape index (κ1) is 16.9. The van der Waals surface area contributed by atoms with E-state index < -0.39 is 0 Å². The lowest BCUT2D eigenvalue weighted by Gasteiger charge is -2.29. The van der Waals surface area contributed by atoms with Gasteiger partial charge >= 0.3 is 0 Å². The topological polar surface area (TPSA) is 69.3 Å². The van der Waals surface area contributed by atoms with Crippen LogP contribution in [0.2, 0.25) is 0 Å². The van der Waals surface area contributed by atoms with Gasteiger partial charge in [-0.1, -0.05) is 0 Å². The molecule has 1 aromatic rings. The summed E-state index contributed by atoms with van der Waals surface area (Å²) in [7, 11) is 1.55. The Morgan fingerprint density at radius 1 is 1.25 bits per heavy atom. The molecule has 0 radical (unpaired) electrons. The molecule has 132 valence electrons. The van der Waals surface area contributed by atoms with Gasteiger partial charge in [0.15, 0.2) is 11.5 Å². The zero-order valence-electron chi connectivity index (χ0n) is 14.2. The zero-order chi connectivity index (χ0) is 16.9. The molecule has 1 atom stereocenters. The van der Waals surface area contributed by atoms with Crippen LogP contribution in [0.25, 0.3) is 0 Å². The van der Waals surface area contributed by atoms with Crippen LogP contribution in [0, 0.1) is 0 Å². The Bertz CT molecular complexity index is 569. The number of ether oxygens (including phenoxy) is 4. The molecule has 1 fully saturated rings. The first-order chi connectivity index (χ1) is 11.7. The lowest BCUT2D eigenvalue weighted by atomic mass is 10.1. The molecule has 7 nitrogen and oxygen atoms in total. The Hall–Kier alpha value is -1.99. The highest BCUT2D eigenvalue weighted by molar-refractivity contribution is 5.95. The van der Waals surface area contributed by atoms with Crippen LogP contribution in [0.3, 0.4) is 0 Å². The molecule has 0 bridgehead atoms. The molecule has 1 N–H and O–H groups in total. The van der Waals surface area contributed by atoms with E-state index in [0.717, 1.165) is 32.8 Å². The molecule has 0 aliphatic carbocycles. The Morgan fingerprint density at radius 3 is 2.75 bits per heavy atom. The highest BCUT2D eigenvalue weighted by atomic mass is 16.6. The summed E-state index contributed by atoms with van der Waals surface area (Å²) in [5.41, 5.74) is 0.505. The van der Waals surface area contributed by atoms with Crippen molar-refractivity contribution in [2.45, 2.75) is 13.0 Å². The number of morpholine rings is 1. The number of nitrogens with zero attached hydrogens (tertiary/aromatic N) is 1. The summed E-state index contributed by atoms with van der Waals surface area (Å²) in [6.45, 7) is 7.05. The predicted molar refractivity (Wildman–Crippen MR) is 88.2 cm³/mol. The van der Waals surface area contributed by atoms with E-state index in [-0.39, 0.29) is 11.9 Å². The molecule has 1 saturated heterocycles. The molecular formula is C17H24N2O5. The molecule has 24 heavy (non-hydrogen) atoms. The van der Waals surface area contributed by atoms with Crippen LogP contribution >= 0.6 is 0 Å². The molecule has 1 aromatic carbocycles. The number of hydrogen-bond donors (Lipinski definition) is 1. The van der Waals surface area contributed by atoms with Crippen molar-refractivity contribution in [3.8, 4) is 17.2 Å². The minimum Gasteiger partial charge on any atom is -0.493 e. The maximum absolute atomic E-state index is 12.5. The average molecular weight is 336 g/mol. The first-order valence-corrected chi connectivity index (χ1v) is 8.26. The summed E-state index contributed by atoms with van der Waals surface area (Å²) in [5, 5.41) is 3.03. The maximum Gasteiger partial charge on any atom is 0.251 e. The van der Waals surface area contributed by atoms with E-state index in [1.807, 2.05) is 6.92 Å². The fraction of sp³-hybridized carbons (Fsp3) is 0.588. The summed E-state index contributed by atoms with van der Waals surface area (Å²) < 4.78 is 21.8. The fourth-order valence-corrected chi connectivity index (χ4v) is 2.93. The molecule has 1 amide bonds. The SMILES string of the molecule is COc1cc(C(=O)N[C@@H](C)CN2CCOCC2)cc2c1OCCO2. The second kappa shape index (κ2) is 7.72. The number of carbonyl (C=O) groups excluding carboxylic acids is 1. The van der Waals surface area contributed by atoms with Gasteiger partial charge < -0.3 is 24.3 Å². The molecule has 3 rings (SSSR count). The second-order valence-electron chi connectivity index (χ2n) is 5.99. The van der Waals surface area contributed by atoms with Crippen LogP contribution < -0.4 is 19.5 Å². The number of hydrogen-bond acceptors (Lipinski definition) is 6. The standard InChI is InChI=1S/C17H24N2O5/c1-12(11-19-3-5-22-6-4-19)18-17(20)13-9-14(21-2)16-15(10-13)23-7-8-24-16/h9-10,12H,3-8,11H2,1-2H3,(H,18,20)/t12-/m0/s1. The molecule has 2 aliphatic heterocycles. The fourth-order valence-electron chi connectivity index (χ4n) is 2.93. The van der Waals surface area contributed by atoms with E-state index in [1.165, 1.54) is 0 Å². The maximum atomic E-state index is 12.5. The van der Waals surface area contributed by atoms with Gasteiger partial charge in [-0.05, 0) is 19.1 Å². The minimum absolute atomic E-state index is 0.0368. The zero-order valence-corrected chi connectivity index (χ0v) is 14.2. The quantitative estimate of drug-likeness (QED) is 0.862. The van der Waals surface area contributed by atoms with Gasteiger partial charge in [-0.3, -0.25) is 9.69 Å². The molecule has 0 aromatic heterocycles. The van der Waals surface area contributed by atoms with Crippen LogP contribution in [0.1, 0.15) is 17.3 Å². The van der Waals surface area contributed by atoms with Gasteiger partial charge in [-0.25, -0.2) is 0 Å². The van der Waals surface area contributed by atoms with Gasteiger partial charge in [0.25, 0.3) is 5.91 Å². The van der Waals surface area contributed by atoms with Gasteiger partial charge in [0.05, 0.1) is 20.3 Å². The van der Waals surface area contributed by atoms with Crippen LogP contribution in [-0.4, -0.2) is 70.0 Å². The van der Waals surface area contributed by atoms with E-state index in [2.05, 4.69) is 10.2 Å². The number of fused-ring (bicyclic) bond motifs is 1. The number of nitrogens with one attached hydrogen (secondary N) is 1. The van der Waals surface area contributed by atoms with Gasteiger partial charge in [0.2, 0.25) is 5.75 Å². The second-order valence-corrected chi connectivity index (χ2v) is 5.99. The van der Waals surface area contributed by atoms with Crippen LogP contribution in [0.4, 0.5) is 0 Å².